The zero-order valence-corrected chi connectivity index (χ0v) is 10.9. The molecule has 0 aromatic rings. The molecule has 0 heterocycles. The van der Waals surface area contributed by atoms with Crippen LogP contribution in [-0.2, 0) is 4.79 Å². The van der Waals surface area contributed by atoms with E-state index in [2.05, 4.69) is 5.32 Å². The highest BCUT2D eigenvalue weighted by Gasteiger charge is 2.37. The second-order valence-electron chi connectivity index (χ2n) is 5.47. The largest absolute Gasteiger partial charge is 0.394 e. The fourth-order valence-corrected chi connectivity index (χ4v) is 2.14. The third-order valence-electron chi connectivity index (χ3n) is 3.44. The van der Waals surface area contributed by atoms with E-state index in [1.54, 1.807) is 0 Å². The summed E-state index contributed by atoms with van der Waals surface area (Å²) in [6, 6.07) is 0. The first-order chi connectivity index (χ1) is 7.46. The summed E-state index contributed by atoms with van der Waals surface area (Å²) < 4.78 is 0. The van der Waals surface area contributed by atoms with Gasteiger partial charge in [-0.1, -0.05) is 19.3 Å². The number of alkyl halides is 1. The van der Waals surface area contributed by atoms with Crippen molar-refractivity contribution in [3.63, 3.8) is 0 Å². The van der Waals surface area contributed by atoms with Crippen molar-refractivity contribution >= 4 is 17.5 Å². The predicted octanol–water partition coefficient (Wildman–Crippen LogP) is 2.06. The summed E-state index contributed by atoms with van der Waals surface area (Å²) in [4.78, 5) is 12.0. The van der Waals surface area contributed by atoms with Gasteiger partial charge in [-0.25, -0.2) is 0 Å². The van der Waals surface area contributed by atoms with Crippen LogP contribution in [0.2, 0.25) is 0 Å². The monoisotopic (exact) mass is 247 g/mol. The minimum Gasteiger partial charge on any atom is -0.394 e. The second kappa shape index (κ2) is 5.37. The van der Waals surface area contributed by atoms with E-state index in [0.29, 0.717) is 5.88 Å². The molecule has 1 rings (SSSR count). The lowest BCUT2D eigenvalue weighted by atomic mass is 9.81. The molecule has 1 saturated carbocycles. The first kappa shape index (κ1) is 13.8. The van der Waals surface area contributed by atoms with Gasteiger partial charge in [-0.2, -0.15) is 0 Å². The Morgan fingerprint density at radius 2 is 1.94 bits per heavy atom. The maximum absolute atomic E-state index is 12.0. The van der Waals surface area contributed by atoms with Gasteiger partial charge in [0.25, 0.3) is 0 Å². The van der Waals surface area contributed by atoms with Crippen LogP contribution in [0.15, 0.2) is 0 Å². The smallest absolute Gasteiger partial charge is 0.227 e. The summed E-state index contributed by atoms with van der Waals surface area (Å²) in [6.45, 7) is 3.67. The van der Waals surface area contributed by atoms with E-state index in [9.17, 15) is 9.90 Å². The highest BCUT2D eigenvalue weighted by molar-refractivity contribution is 6.19. The van der Waals surface area contributed by atoms with Crippen molar-refractivity contribution in [3.8, 4) is 0 Å². The van der Waals surface area contributed by atoms with Crippen LogP contribution in [0.3, 0.4) is 0 Å². The molecule has 0 radical (unpaired) electrons. The van der Waals surface area contributed by atoms with E-state index in [0.717, 1.165) is 25.7 Å². The molecule has 16 heavy (non-hydrogen) atoms. The summed E-state index contributed by atoms with van der Waals surface area (Å²) in [5.41, 5.74) is -0.972. The van der Waals surface area contributed by atoms with Crippen LogP contribution < -0.4 is 5.32 Å². The van der Waals surface area contributed by atoms with Gasteiger partial charge >= 0.3 is 0 Å². The predicted molar refractivity (Wildman–Crippen MR) is 65.5 cm³/mol. The summed E-state index contributed by atoms with van der Waals surface area (Å²) in [5.74, 6) is 0.235. The Labute approximate surface area is 103 Å². The summed E-state index contributed by atoms with van der Waals surface area (Å²) in [7, 11) is 0. The maximum atomic E-state index is 12.0. The fourth-order valence-electron chi connectivity index (χ4n) is 2.02. The van der Waals surface area contributed by atoms with Gasteiger partial charge in [0.15, 0.2) is 0 Å². The van der Waals surface area contributed by atoms with Gasteiger partial charge in [0.05, 0.1) is 17.6 Å². The standard InChI is InChI=1S/C12H22ClNO2/c1-11(2,8-13)10(16)14-12(9-15)6-4-3-5-7-12/h15H,3-9H2,1-2H3,(H,14,16). The highest BCUT2D eigenvalue weighted by Crippen LogP contribution is 2.29. The van der Waals surface area contributed by atoms with Crippen LogP contribution >= 0.6 is 11.6 Å². The van der Waals surface area contributed by atoms with E-state index in [-0.39, 0.29) is 12.5 Å². The molecule has 0 spiro atoms. The van der Waals surface area contributed by atoms with Gasteiger partial charge in [0, 0.05) is 5.88 Å². The average Bonchev–Trinajstić information content (AvgIpc) is 2.30. The SMILES string of the molecule is CC(C)(CCl)C(=O)NC1(CO)CCCCC1. The Hall–Kier alpha value is -0.280. The van der Waals surface area contributed by atoms with Crippen LogP contribution in [0.25, 0.3) is 0 Å². The van der Waals surface area contributed by atoms with E-state index >= 15 is 0 Å². The number of halogens is 1. The number of aliphatic hydroxyl groups excluding tert-OH is 1. The van der Waals surface area contributed by atoms with E-state index in [1.807, 2.05) is 13.8 Å². The maximum Gasteiger partial charge on any atom is 0.227 e. The Morgan fingerprint density at radius 3 is 2.38 bits per heavy atom. The third-order valence-corrected chi connectivity index (χ3v) is 4.11. The number of hydrogen-bond donors (Lipinski definition) is 2. The van der Waals surface area contributed by atoms with Crippen LogP contribution in [0, 0.1) is 5.41 Å². The van der Waals surface area contributed by atoms with Crippen molar-refractivity contribution in [1.82, 2.24) is 5.32 Å². The van der Waals surface area contributed by atoms with E-state index < -0.39 is 11.0 Å². The Bertz CT molecular complexity index is 247. The molecule has 1 aliphatic rings. The fraction of sp³-hybridized carbons (Fsp3) is 0.917. The average molecular weight is 248 g/mol. The lowest BCUT2D eigenvalue weighted by Gasteiger charge is -2.38. The molecule has 1 amide bonds. The van der Waals surface area contributed by atoms with Gasteiger partial charge in [-0.3, -0.25) is 4.79 Å². The molecule has 1 aliphatic carbocycles. The van der Waals surface area contributed by atoms with Crippen LogP contribution in [0.5, 0.6) is 0 Å². The zero-order valence-electron chi connectivity index (χ0n) is 10.2. The number of nitrogens with one attached hydrogen (secondary N) is 1. The number of carbonyl (C=O) groups excluding carboxylic acids is 1. The van der Waals surface area contributed by atoms with Crippen LogP contribution in [-0.4, -0.2) is 29.0 Å². The number of amides is 1. The topological polar surface area (TPSA) is 49.3 Å². The Balaban J connectivity index is 2.66. The van der Waals surface area contributed by atoms with Gasteiger partial charge in [-0.15, -0.1) is 11.6 Å². The van der Waals surface area contributed by atoms with Crippen LogP contribution in [0.1, 0.15) is 46.0 Å². The Morgan fingerprint density at radius 1 is 1.38 bits per heavy atom. The van der Waals surface area contributed by atoms with Crippen molar-refractivity contribution in [2.45, 2.75) is 51.5 Å². The van der Waals surface area contributed by atoms with E-state index in [1.165, 1.54) is 6.42 Å². The molecular weight excluding hydrogens is 226 g/mol. The summed E-state index contributed by atoms with van der Waals surface area (Å²) >= 11 is 5.77. The molecule has 0 unspecified atom stereocenters. The molecule has 1 fully saturated rings. The van der Waals surface area contributed by atoms with Crippen molar-refractivity contribution < 1.29 is 9.90 Å². The first-order valence-corrected chi connectivity index (χ1v) is 6.49. The minimum atomic E-state index is -0.568. The molecule has 4 heteroatoms. The van der Waals surface area contributed by atoms with Gasteiger partial charge in [-0.05, 0) is 26.7 Å². The second-order valence-corrected chi connectivity index (χ2v) is 5.74. The van der Waals surface area contributed by atoms with E-state index in [4.69, 9.17) is 11.6 Å². The quantitative estimate of drug-likeness (QED) is 0.748. The van der Waals surface area contributed by atoms with Crippen molar-refractivity contribution in [2.75, 3.05) is 12.5 Å². The highest BCUT2D eigenvalue weighted by atomic mass is 35.5. The molecule has 0 aromatic heterocycles. The van der Waals surface area contributed by atoms with Gasteiger partial charge in [0.1, 0.15) is 0 Å². The first-order valence-electron chi connectivity index (χ1n) is 5.95. The number of rotatable bonds is 4. The summed E-state index contributed by atoms with van der Waals surface area (Å²) in [5, 5.41) is 12.5. The van der Waals surface area contributed by atoms with Crippen molar-refractivity contribution in [1.29, 1.82) is 0 Å². The molecule has 2 N–H and O–H groups in total. The molecule has 0 aliphatic heterocycles. The van der Waals surface area contributed by atoms with Crippen molar-refractivity contribution in [3.05, 3.63) is 0 Å². The third kappa shape index (κ3) is 3.11. The zero-order chi connectivity index (χ0) is 12.2. The number of hydrogen-bond acceptors (Lipinski definition) is 2. The Kier molecular flexibility index (Phi) is 4.62. The minimum absolute atomic E-state index is 0.0249. The summed E-state index contributed by atoms with van der Waals surface area (Å²) in [6.07, 6.45) is 5.07. The molecule has 0 atom stereocenters. The van der Waals surface area contributed by atoms with Crippen molar-refractivity contribution in [2.24, 2.45) is 5.41 Å². The number of carbonyl (C=O) groups is 1. The lowest BCUT2D eigenvalue weighted by molar-refractivity contribution is -0.131. The molecule has 0 saturated heterocycles. The van der Waals surface area contributed by atoms with Gasteiger partial charge < -0.3 is 10.4 Å². The number of aliphatic hydroxyl groups is 1. The van der Waals surface area contributed by atoms with Crippen LogP contribution in [0.4, 0.5) is 0 Å². The molecule has 94 valence electrons. The molecular formula is C12H22ClNO2. The van der Waals surface area contributed by atoms with Gasteiger partial charge in [0.2, 0.25) is 5.91 Å². The molecule has 0 aromatic carbocycles. The molecule has 3 nitrogen and oxygen atoms in total. The lowest BCUT2D eigenvalue weighted by Crippen LogP contribution is -2.56. The molecule has 0 bridgehead atoms. The normalized spacial score (nSPS) is 20.5.